The van der Waals surface area contributed by atoms with E-state index in [1.165, 1.54) is 6.07 Å². The van der Waals surface area contributed by atoms with Crippen molar-refractivity contribution in [3.8, 4) is 0 Å². The number of hydrazine groups is 1. The molecule has 0 aliphatic rings. The molecule has 0 fully saturated rings. The van der Waals surface area contributed by atoms with Crippen molar-refractivity contribution in [1.82, 2.24) is 10.4 Å². The van der Waals surface area contributed by atoms with Crippen LogP contribution < -0.4 is 11.3 Å². The fourth-order valence-electron chi connectivity index (χ4n) is 2.37. The molecule has 3 N–H and O–H groups in total. The van der Waals surface area contributed by atoms with Crippen LogP contribution >= 0.6 is 11.6 Å². The molecule has 0 bridgehead atoms. The van der Waals surface area contributed by atoms with Crippen molar-refractivity contribution in [3.05, 3.63) is 76.7 Å². The molecule has 0 saturated heterocycles. The van der Waals surface area contributed by atoms with Crippen molar-refractivity contribution in [2.75, 3.05) is 0 Å². The summed E-state index contributed by atoms with van der Waals surface area (Å²) in [5.41, 5.74) is 4.70. The Morgan fingerprint density at radius 1 is 1.14 bits per heavy atom. The number of nitrogens with zero attached hydrogens (tertiary/aromatic N) is 1. The van der Waals surface area contributed by atoms with Gasteiger partial charge in [-0.15, -0.1) is 0 Å². The van der Waals surface area contributed by atoms with Gasteiger partial charge >= 0.3 is 0 Å². The highest BCUT2D eigenvalue weighted by Crippen LogP contribution is 2.29. The normalized spacial score (nSPS) is 12.5. The lowest BCUT2D eigenvalue weighted by molar-refractivity contribution is 0.560. The molecule has 0 amide bonds. The number of nitrogens with one attached hydrogen (secondary N) is 1. The first kappa shape index (κ1) is 13.9. The van der Waals surface area contributed by atoms with Crippen LogP contribution in [0.2, 0.25) is 5.02 Å². The van der Waals surface area contributed by atoms with E-state index in [4.69, 9.17) is 17.4 Å². The molecule has 1 heterocycles. The number of rotatable bonds is 3. The molecule has 1 atom stereocenters. The van der Waals surface area contributed by atoms with E-state index in [0.717, 1.165) is 16.5 Å². The van der Waals surface area contributed by atoms with Gasteiger partial charge in [0.1, 0.15) is 5.82 Å². The second-order valence-electron chi connectivity index (χ2n) is 4.70. The first-order chi connectivity index (χ1) is 10.2. The lowest BCUT2D eigenvalue weighted by Crippen LogP contribution is -2.29. The quantitative estimate of drug-likeness (QED) is 0.574. The Labute approximate surface area is 126 Å². The number of benzene rings is 2. The highest BCUT2D eigenvalue weighted by Gasteiger charge is 2.18. The fourth-order valence-corrected chi connectivity index (χ4v) is 2.55. The number of aromatic nitrogens is 1. The average molecular weight is 302 g/mol. The Morgan fingerprint density at radius 2 is 2.00 bits per heavy atom. The van der Waals surface area contributed by atoms with Gasteiger partial charge in [-0.2, -0.15) is 0 Å². The van der Waals surface area contributed by atoms with Crippen molar-refractivity contribution in [1.29, 1.82) is 0 Å². The minimum Gasteiger partial charge on any atom is -0.271 e. The van der Waals surface area contributed by atoms with E-state index < -0.39 is 11.9 Å². The summed E-state index contributed by atoms with van der Waals surface area (Å²) in [5, 5.41) is 1.09. The fraction of sp³-hybridized carbons (Fsp3) is 0.0625. The smallest absolute Gasteiger partial charge is 0.146 e. The van der Waals surface area contributed by atoms with Crippen LogP contribution in [0.4, 0.5) is 4.39 Å². The zero-order chi connectivity index (χ0) is 14.8. The van der Waals surface area contributed by atoms with E-state index in [0.29, 0.717) is 5.56 Å². The van der Waals surface area contributed by atoms with E-state index in [1.54, 1.807) is 18.3 Å². The number of hydrogen-bond donors (Lipinski definition) is 2. The van der Waals surface area contributed by atoms with Crippen LogP contribution in [0.25, 0.3) is 10.9 Å². The van der Waals surface area contributed by atoms with Crippen LogP contribution in [0.5, 0.6) is 0 Å². The van der Waals surface area contributed by atoms with Crippen molar-refractivity contribution in [2.45, 2.75) is 6.04 Å². The van der Waals surface area contributed by atoms with Crippen molar-refractivity contribution >= 4 is 22.5 Å². The number of halogens is 2. The Bertz CT molecular complexity index is 791. The molecular formula is C16H13ClFN3. The van der Waals surface area contributed by atoms with Crippen LogP contribution in [0.3, 0.4) is 0 Å². The molecule has 0 aliphatic heterocycles. The molecule has 106 valence electrons. The van der Waals surface area contributed by atoms with Gasteiger partial charge in [0.25, 0.3) is 0 Å². The van der Waals surface area contributed by atoms with E-state index >= 15 is 0 Å². The summed E-state index contributed by atoms with van der Waals surface area (Å²) >= 11 is 5.84. The summed E-state index contributed by atoms with van der Waals surface area (Å²) in [6, 6.07) is 13.9. The number of fused-ring (bicyclic) bond motifs is 1. The third kappa shape index (κ3) is 2.61. The zero-order valence-corrected chi connectivity index (χ0v) is 11.8. The topological polar surface area (TPSA) is 50.9 Å². The molecule has 1 aromatic heterocycles. The summed E-state index contributed by atoms with van der Waals surface area (Å²) in [6.07, 6.45) is 1.72. The Morgan fingerprint density at radius 3 is 2.81 bits per heavy atom. The van der Waals surface area contributed by atoms with Gasteiger partial charge in [-0.25, -0.2) is 9.82 Å². The second kappa shape index (κ2) is 5.77. The van der Waals surface area contributed by atoms with E-state index in [-0.39, 0.29) is 5.02 Å². The number of hydrogen-bond acceptors (Lipinski definition) is 3. The van der Waals surface area contributed by atoms with Gasteiger partial charge in [0, 0.05) is 17.1 Å². The minimum absolute atomic E-state index is 0.0756. The molecular weight excluding hydrogens is 289 g/mol. The molecule has 2 aromatic carbocycles. The van der Waals surface area contributed by atoms with Crippen LogP contribution in [0.1, 0.15) is 17.2 Å². The van der Waals surface area contributed by atoms with Crippen molar-refractivity contribution in [3.63, 3.8) is 0 Å². The molecule has 0 aliphatic carbocycles. The average Bonchev–Trinajstić information content (AvgIpc) is 2.52. The standard InChI is InChI=1S/C16H13ClFN3/c17-13-5-1-4-12(15(13)18)16(21-19)11-7-6-10-3-2-8-20-14(10)9-11/h1-9,16,21H,19H2. The van der Waals surface area contributed by atoms with Crippen molar-refractivity contribution < 1.29 is 4.39 Å². The maximum Gasteiger partial charge on any atom is 0.146 e. The van der Waals surface area contributed by atoms with Gasteiger partial charge in [0.2, 0.25) is 0 Å². The molecule has 0 radical (unpaired) electrons. The molecule has 3 rings (SSSR count). The third-order valence-electron chi connectivity index (χ3n) is 3.42. The molecule has 21 heavy (non-hydrogen) atoms. The van der Waals surface area contributed by atoms with E-state index in [2.05, 4.69) is 10.4 Å². The van der Waals surface area contributed by atoms with Gasteiger partial charge in [-0.05, 0) is 23.8 Å². The number of pyridine rings is 1. The lowest BCUT2D eigenvalue weighted by atomic mass is 9.97. The SMILES string of the molecule is NNC(c1ccc2cccnc2c1)c1cccc(Cl)c1F. The highest BCUT2D eigenvalue weighted by molar-refractivity contribution is 6.30. The summed E-state index contributed by atoms with van der Waals surface area (Å²) in [5.74, 6) is 5.15. The second-order valence-corrected chi connectivity index (χ2v) is 5.11. The molecule has 3 aromatic rings. The first-order valence-electron chi connectivity index (χ1n) is 6.45. The summed E-state index contributed by atoms with van der Waals surface area (Å²) in [6.45, 7) is 0. The molecule has 3 nitrogen and oxygen atoms in total. The Hall–Kier alpha value is -2.01. The largest absolute Gasteiger partial charge is 0.271 e. The maximum atomic E-state index is 14.2. The first-order valence-corrected chi connectivity index (χ1v) is 6.83. The van der Waals surface area contributed by atoms with Crippen LogP contribution in [-0.4, -0.2) is 4.98 Å². The zero-order valence-electron chi connectivity index (χ0n) is 11.1. The Balaban J connectivity index is 2.11. The van der Waals surface area contributed by atoms with E-state index in [9.17, 15) is 4.39 Å². The lowest BCUT2D eigenvalue weighted by Gasteiger charge is -2.18. The summed E-state index contributed by atoms with van der Waals surface area (Å²) < 4.78 is 14.2. The van der Waals surface area contributed by atoms with Gasteiger partial charge in [-0.3, -0.25) is 10.8 Å². The van der Waals surface area contributed by atoms with Crippen LogP contribution in [0.15, 0.2) is 54.7 Å². The third-order valence-corrected chi connectivity index (χ3v) is 3.71. The molecule has 0 spiro atoms. The molecule has 1 unspecified atom stereocenters. The molecule has 0 saturated carbocycles. The van der Waals surface area contributed by atoms with Gasteiger partial charge < -0.3 is 0 Å². The molecule has 5 heteroatoms. The number of nitrogens with two attached hydrogens (primary N) is 1. The van der Waals surface area contributed by atoms with Crippen molar-refractivity contribution in [2.24, 2.45) is 5.84 Å². The van der Waals surface area contributed by atoms with E-state index in [1.807, 2.05) is 30.3 Å². The van der Waals surface area contributed by atoms with Gasteiger partial charge in [-0.1, -0.05) is 41.9 Å². The predicted octanol–water partition coefficient (Wildman–Crippen LogP) is 3.58. The predicted molar refractivity (Wildman–Crippen MR) is 82.3 cm³/mol. The Kier molecular flexibility index (Phi) is 3.84. The monoisotopic (exact) mass is 301 g/mol. The van der Waals surface area contributed by atoms with Gasteiger partial charge in [0.05, 0.1) is 16.6 Å². The van der Waals surface area contributed by atoms with Gasteiger partial charge in [0.15, 0.2) is 0 Å². The minimum atomic E-state index is -0.491. The van der Waals surface area contributed by atoms with Crippen LogP contribution in [-0.2, 0) is 0 Å². The van der Waals surface area contributed by atoms with Crippen LogP contribution in [0, 0.1) is 5.82 Å². The highest BCUT2D eigenvalue weighted by atomic mass is 35.5. The summed E-state index contributed by atoms with van der Waals surface area (Å²) in [7, 11) is 0. The maximum absolute atomic E-state index is 14.2. The summed E-state index contributed by atoms with van der Waals surface area (Å²) in [4.78, 5) is 4.30.